The predicted octanol–water partition coefficient (Wildman–Crippen LogP) is 4.47. The molecule has 1 N–H and O–H groups in total. The van der Waals surface area contributed by atoms with Gasteiger partial charge in [-0.05, 0) is 50.1 Å². The van der Waals surface area contributed by atoms with E-state index in [0.29, 0.717) is 16.1 Å². The number of hydrogen-bond acceptors (Lipinski definition) is 5. The highest BCUT2D eigenvalue weighted by Crippen LogP contribution is 2.23. The van der Waals surface area contributed by atoms with Crippen molar-refractivity contribution in [1.82, 2.24) is 10.2 Å². The van der Waals surface area contributed by atoms with Crippen molar-refractivity contribution in [3.63, 3.8) is 0 Å². The van der Waals surface area contributed by atoms with Crippen LogP contribution in [0.5, 0.6) is 0 Å². The molecule has 0 aliphatic rings. The topological polar surface area (TPSA) is 104 Å². The third-order valence-electron chi connectivity index (χ3n) is 6.22. The van der Waals surface area contributed by atoms with Crippen molar-refractivity contribution >= 4 is 44.9 Å². The van der Waals surface area contributed by atoms with Gasteiger partial charge >= 0.3 is 0 Å². The molecule has 0 saturated carbocycles. The number of amides is 2. The van der Waals surface area contributed by atoms with Crippen LogP contribution in [-0.2, 0) is 32.6 Å². The number of rotatable bonds is 12. The van der Waals surface area contributed by atoms with Crippen LogP contribution in [0.15, 0.2) is 78.9 Å². The molecule has 0 saturated heterocycles. The fraction of sp³-hybridized carbons (Fsp3) is 0.300. The first-order chi connectivity index (χ1) is 18.9. The van der Waals surface area contributed by atoms with Gasteiger partial charge in [-0.2, -0.15) is 0 Å². The van der Waals surface area contributed by atoms with Gasteiger partial charge in [0.25, 0.3) is 0 Å². The summed E-state index contributed by atoms with van der Waals surface area (Å²) in [5.41, 5.74) is 1.92. The number of nitrogens with one attached hydrogen (secondary N) is 1. The molecule has 0 aliphatic carbocycles. The van der Waals surface area contributed by atoms with Crippen LogP contribution < -0.4 is 9.62 Å². The predicted molar refractivity (Wildman–Crippen MR) is 158 cm³/mol. The highest BCUT2D eigenvalue weighted by Gasteiger charge is 2.33. The fourth-order valence-corrected chi connectivity index (χ4v) is 5.28. The average molecular weight is 584 g/mol. The Bertz CT molecular complexity index is 1460. The average Bonchev–Trinajstić information content (AvgIpc) is 2.89. The Morgan fingerprint density at radius 3 is 2.17 bits per heavy atom. The quantitative estimate of drug-likeness (QED) is 0.317. The molecule has 212 valence electrons. The lowest BCUT2D eigenvalue weighted by molar-refractivity contribution is -0.140. The molecule has 0 fully saturated rings. The summed E-state index contributed by atoms with van der Waals surface area (Å²) in [5, 5.41) is 3.31. The summed E-state index contributed by atoms with van der Waals surface area (Å²) in [7, 11) is -3.95. The minimum absolute atomic E-state index is 0.0212. The van der Waals surface area contributed by atoms with Crippen LogP contribution in [0.3, 0.4) is 0 Å². The molecule has 0 spiro atoms. The van der Waals surface area contributed by atoms with E-state index in [4.69, 9.17) is 11.6 Å². The number of hydrogen-bond donors (Lipinski definition) is 1. The van der Waals surface area contributed by atoms with Gasteiger partial charge in [0.05, 0.1) is 11.9 Å². The Labute approximate surface area is 241 Å². The maximum atomic E-state index is 14.1. The maximum Gasteiger partial charge on any atom is 0.244 e. The third kappa shape index (κ3) is 8.40. The molecular weight excluding hydrogens is 550 g/mol. The minimum Gasteiger partial charge on any atom is -0.352 e. The molecule has 3 rings (SSSR count). The fourth-order valence-electron chi connectivity index (χ4n) is 4.24. The van der Waals surface area contributed by atoms with E-state index in [1.54, 1.807) is 36.4 Å². The van der Waals surface area contributed by atoms with Gasteiger partial charge < -0.3 is 10.2 Å². The van der Waals surface area contributed by atoms with Gasteiger partial charge in [0.15, 0.2) is 5.78 Å². The van der Waals surface area contributed by atoms with Crippen LogP contribution in [0.25, 0.3) is 0 Å². The number of sulfonamides is 1. The van der Waals surface area contributed by atoms with Gasteiger partial charge in [-0.1, -0.05) is 72.3 Å². The first kappa shape index (κ1) is 30.8. The van der Waals surface area contributed by atoms with Crippen LogP contribution in [0.1, 0.15) is 42.3 Å². The number of Topliss-reactive ketones (excluding diaryl/α,β-unsaturated/α-hetero) is 1. The molecule has 8 nitrogen and oxygen atoms in total. The standard InChI is InChI=1S/C30H34ClN3O5S/c1-21(2)32-30(37)28(17-23-11-6-5-7-12-23)33(19-25-13-8-9-16-27(25)31)29(36)20-34(40(4,38)39)26-15-10-14-24(18-26)22(3)35/h5-16,18,21,28H,17,19-20H2,1-4H3,(H,32,37)/t28-/m0/s1. The van der Waals surface area contributed by atoms with Crippen LogP contribution >= 0.6 is 11.6 Å². The van der Waals surface area contributed by atoms with E-state index in [-0.39, 0.29) is 36.4 Å². The highest BCUT2D eigenvalue weighted by atomic mass is 35.5. The second kappa shape index (κ2) is 13.6. The second-order valence-corrected chi connectivity index (χ2v) is 12.2. The van der Waals surface area contributed by atoms with Crippen molar-refractivity contribution in [3.05, 3.63) is 101 Å². The van der Waals surface area contributed by atoms with Gasteiger partial charge in [0.2, 0.25) is 21.8 Å². The van der Waals surface area contributed by atoms with Crippen molar-refractivity contribution in [2.24, 2.45) is 0 Å². The van der Waals surface area contributed by atoms with E-state index >= 15 is 0 Å². The Morgan fingerprint density at radius 1 is 0.925 bits per heavy atom. The number of carbonyl (C=O) groups excluding carboxylic acids is 3. The Morgan fingerprint density at radius 2 is 1.57 bits per heavy atom. The van der Waals surface area contributed by atoms with Gasteiger partial charge in [-0.25, -0.2) is 8.42 Å². The monoisotopic (exact) mass is 583 g/mol. The zero-order chi connectivity index (χ0) is 29.4. The molecule has 2 amide bonds. The Balaban J connectivity index is 2.08. The first-order valence-electron chi connectivity index (χ1n) is 12.8. The van der Waals surface area contributed by atoms with Gasteiger partial charge in [0.1, 0.15) is 12.6 Å². The molecule has 40 heavy (non-hydrogen) atoms. The van der Waals surface area contributed by atoms with E-state index < -0.39 is 28.5 Å². The molecule has 1 atom stereocenters. The Kier molecular flexibility index (Phi) is 10.5. The summed E-state index contributed by atoms with van der Waals surface area (Å²) >= 11 is 6.45. The smallest absolute Gasteiger partial charge is 0.244 e. The molecule has 0 bridgehead atoms. The SMILES string of the molecule is CC(=O)c1cccc(N(CC(=O)N(Cc2ccccc2Cl)[C@@H](Cc2ccccc2)C(=O)NC(C)C)S(C)(=O)=O)c1. The summed E-state index contributed by atoms with van der Waals surface area (Å²) in [4.78, 5) is 40.9. The van der Waals surface area contributed by atoms with Gasteiger partial charge in [0, 0.05) is 29.6 Å². The molecule has 10 heteroatoms. The molecule has 3 aromatic carbocycles. The van der Waals surface area contributed by atoms with E-state index in [1.165, 1.54) is 24.0 Å². The summed E-state index contributed by atoms with van der Waals surface area (Å²) in [6, 6.07) is 21.2. The first-order valence-corrected chi connectivity index (χ1v) is 15.1. The van der Waals surface area contributed by atoms with Crippen LogP contribution in [0.4, 0.5) is 5.69 Å². The van der Waals surface area contributed by atoms with Crippen molar-refractivity contribution in [3.8, 4) is 0 Å². The summed E-state index contributed by atoms with van der Waals surface area (Å²) in [6.45, 7) is 4.43. The lowest BCUT2D eigenvalue weighted by Gasteiger charge is -2.34. The van der Waals surface area contributed by atoms with Crippen molar-refractivity contribution < 1.29 is 22.8 Å². The molecule has 0 aliphatic heterocycles. The molecule has 0 radical (unpaired) electrons. The second-order valence-electron chi connectivity index (χ2n) is 9.86. The normalized spacial score (nSPS) is 12.1. The van der Waals surface area contributed by atoms with Gasteiger partial charge in [-0.15, -0.1) is 0 Å². The zero-order valence-corrected chi connectivity index (χ0v) is 24.6. The lowest BCUT2D eigenvalue weighted by Crippen LogP contribution is -2.54. The van der Waals surface area contributed by atoms with Crippen molar-refractivity contribution in [2.45, 2.75) is 45.8 Å². The van der Waals surface area contributed by atoms with E-state index in [2.05, 4.69) is 5.32 Å². The highest BCUT2D eigenvalue weighted by molar-refractivity contribution is 7.92. The maximum absolute atomic E-state index is 14.1. The van der Waals surface area contributed by atoms with E-state index in [0.717, 1.165) is 16.1 Å². The molecular formula is C30H34ClN3O5S. The number of carbonyl (C=O) groups is 3. The van der Waals surface area contributed by atoms with Crippen LogP contribution in [0, 0.1) is 0 Å². The van der Waals surface area contributed by atoms with E-state index in [1.807, 2.05) is 44.2 Å². The van der Waals surface area contributed by atoms with Crippen molar-refractivity contribution in [1.29, 1.82) is 0 Å². The summed E-state index contributed by atoms with van der Waals surface area (Å²) < 4.78 is 26.7. The van der Waals surface area contributed by atoms with E-state index in [9.17, 15) is 22.8 Å². The van der Waals surface area contributed by atoms with Crippen LogP contribution in [-0.4, -0.2) is 55.8 Å². The number of benzene rings is 3. The lowest BCUT2D eigenvalue weighted by atomic mass is 10.0. The number of ketones is 1. The largest absolute Gasteiger partial charge is 0.352 e. The third-order valence-corrected chi connectivity index (χ3v) is 7.73. The number of nitrogens with zero attached hydrogens (tertiary/aromatic N) is 2. The summed E-state index contributed by atoms with van der Waals surface area (Å²) in [6.07, 6.45) is 1.19. The molecule has 3 aromatic rings. The van der Waals surface area contributed by atoms with Crippen LogP contribution in [0.2, 0.25) is 5.02 Å². The van der Waals surface area contributed by atoms with Crippen molar-refractivity contribution in [2.75, 3.05) is 17.1 Å². The molecule has 0 heterocycles. The number of anilines is 1. The number of halogens is 1. The zero-order valence-electron chi connectivity index (χ0n) is 23.0. The van der Waals surface area contributed by atoms with Gasteiger partial charge in [-0.3, -0.25) is 18.7 Å². The summed E-state index contributed by atoms with van der Waals surface area (Å²) in [5.74, 6) is -1.21. The Hall–Kier alpha value is -3.69. The molecule has 0 unspecified atom stereocenters. The molecule has 0 aromatic heterocycles. The minimum atomic E-state index is -3.95.